The summed E-state index contributed by atoms with van der Waals surface area (Å²) in [4.78, 5) is 28.2. The molecule has 0 radical (unpaired) electrons. The maximum Gasteiger partial charge on any atom is 0.441 e. The number of nitrogens with one attached hydrogen (secondary N) is 2. The molecule has 1 amide bonds. The molecule has 2 aromatic rings. The first kappa shape index (κ1) is 20.1. The Morgan fingerprint density at radius 2 is 1.78 bits per heavy atom. The minimum Gasteiger partial charge on any atom is -0.463 e. The van der Waals surface area contributed by atoms with E-state index in [1.54, 1.807) is 0 Å². The molecule has 0 unspecified atom stereocenters. The molecule has 1 heterocycles. The van der Waals surface area contributed by atoms with Crippen LogP contribution in [0.4, 0.5) is 23.4 Å². The topological polar surface area (TPSA) is 80.3 Å². The number of aromatic nitrogens is 1. The number of rotatable bonds is 6. The molecule has 10 heteroatoms. The summed E-state index contributed by atoms with van der Waals surface area (Å²) >= 11 is 0. The summed E-state index contributed by atoms with van der Waals surface area (Å²) in [7, 11) is 0. The summed E-state index contributed by atoms with van der Waals surface area (Å²) in [6.07, 6.45) is -4.15. The average molecular weight is 385 g/mol. The van der Waals surface area contributed by atoms with E-state index in [9.17, 15) is 27.2 Å². The Balaban J connectivity index is 2.51. The largest absolute Gasteiger partial charge is 0.463 e. The highest BCUT2D eigenvalue weighted by Gasteiger charge is 2.64. The van der Waals surface area contributed by atoms with Crippen LogP contribution in [-0.4, -0.2) is 35.3 Å². The van der Waals surface area contributed by atoms with Crippen molar-refractivity contribution in [1.29, 1.82) is 0 Å². The molecule has 0 aliphatic carbocycles. The number of benzene rings is 1. The minimum atomic E-state index is -5.34. The third kappa shape index (κ3) is 4.33. The summed E-state index contributed by atoms with van der Waals surface area (Å²) in [5.74, 6) is -4.67. The highest BCUT2D eigenvalue weighted by molar-refractivity contribution is 5.99. The molecule has 144 valence electrons. The summed E-state index contributed by atoms with van der Waals surface area (Å²) < 4.78 is 60.0. The van der Waals surface area contributed by atoms with Crippen molar-refractivity contribution in [2.45, 2.75) is 18.8 Å². The molecule has 2 rings (SSSR count). The van der Waals surface area contributed by atoms with E-state index in [2.05, 4.69) is 9.72 Å². The quantitative estimate of drug-likeness (QED) is 0.454. The van der Waals surface area contributed by atoms with E-state index in [1.807, 2.05) is 5.32 Å². The summed E-state index contributed by atoms with van der Waals surface area (Å²) in [6.45, 7) is 0.925. The Morgan fingerprint density at radius 1 is 1.11 bits per heavy atom. The predicted molar refractivity (Wildman–Crippen MR) is 87.1 cm³/mol. The van der Waals surface area contributed by atoms with Crippen molar-refractivity contribution < 1.29 is 31.9 Å². The molecule has 27 heavy (non-hydrogen) atoms. The first-order valence-corrected chi connectivity index (χ1v) is 7.71. The second-order valence-electron chi connectivity index (χ2n) is 5.24. The van der Waals surface area contributed by atoms with Gasteiger partial charge in [-0.1, -0.05) is 18.2 Å². The number of nitrogens with zero attached hydrogens (tertiary/aromatic N) is 1. The van der Waals surface area contributed by atoms with Crippen molar-refractivity contribution in [3.8, 4) is 0 Å². The highest BCUT2D eigenvalue weighted by Crippen LogP contribution is 2.33. The van der Waals surface area contributed by atoms with Crippen LogP contribution in [0.5, 0.6) is 0 Å². The number of hydrogen-bond acceptors (Lipinski definition) is 5. The number of esters is 1. The van der Waals surface area contributed by atoms with E-state index in [1.165, 1.54) is 42.7 Å². The number of halogens is 4. The molecule has 0 bridgehead atoms. The second kappa shape index (κ2) is 8.02. The Morgan fingerprint density at radius 3 is 2.33 bits per heavy atom. The number of hydrogen-bond donors (Lipinski definition) is 2. The van der Waals surface area contributed by atoms with E-state index >= 15 is 0 Å². The van der Waals surface area contributed by atoms with Crippen LogP contribution in [0, 0.1) is 5.82 Å². The molecule has 2 N–H and O–H groups in total. The normalized spacial score (nSPS) is 13.4. The standard InChI is InChI=1S/C17H15F4N3O3/c1-2-27-15(26)16(17(19,20)21,23-13-9-5-6-10-22-13)24-14(25)11-7-3-4-8-12(11)18/h3-10H,2H2,1H3,(H,22,23)(H,24,25)/t16-/m1/s1. The lowest BCUT2D eigenvalue weighted by Gasteiger charge is -2.34. The SMILES string of the molecule is CCOC(=O)[C@](NC(=O)c1ccccc1F)(Nc1ccccn1)C(F)(F)F. The fourth-order valence-electron chi connectivity index (χ4n) is 2.14. The highest BCUT2D eigenvalue weighted by atomic mass is 19.4. The van der Waals surface area contributed by atoms with E-state index in [0.29, 0.717) is 0 Å². The van der Waals surface area contributed by atoms with Gasteiger partial charge in [-0.05, 0) is 31.2 Å². The van der Waals surface area contributed by atoms with Crippen molar-refractivity contribution in [2.24, 2.45) is 0 Å². The smallest absolute Gasteiger partial charge is 0.441 e. The maximum absolute atomic E-state index is 13.9. The van der Waals surface area contributed by atoms with Crippen LogP contribution >= 0.6 is 0 Å². The number of anilines is 1. The summed E-state index contributed by atoms with van der Waals surface area (Å²) in [5, 5.41) is 3.40. The van der Waals surface area contributed by atoms with Gasteiger partial charge in [0.25, 0.3) is 5.91 Å². The van der Waals surface area contributed by atoms with Gasteiger partial charge in [0.05, 0.1) is 12.2 Å². The third-order valence-corrected chi connectivity index (χ3v) is 3.41. The number of ether oxygens (including phenoxy) is 1. The molecule has 0 spiro atoms. The van der Waals surface area contributed by atoms with Gasteiger partial charge in [-0.15, -0.1) is 0 Å². The van der Waals surface area contributed by atoms with Crippen LogP contribution in [0.3, 0.4) is 0 Å². The first-order valence-electron chi connectivity index (χ1n) is 7.71. The number of carbonyl (C=O) groups excluding carboxylic acids is 2. The van der Waals surface area contributed by atoms with Crippen molar-refractivity contribution in [3.05, 3.63) is 60.0 Å². The van der Waals surface area contributed by atoms with Crippen molar-refractivity contribution in [3.63, 3.8) is 0 Å². The van der Waals surface area contributed by atoms with Gasteiger partial charge in [-0.3, -0.25) is 4.79 Å². The van der Waals surface area contributed by atoms with Gasteiger partial charge < -0.3 is 15.4 Å². The lowest BCUT2D eigenvalue weighted by atomic mass is 10.1. The van der Waals surface area contributed by atoms with Gasteiger partial charge in [-0.2, -0.15) is 13.2 Å². The van der Waals surface area contributed by atoms with Gasteiger partial charge in [0.2, 0.25) is 0 Å². The fraction of sp³-hybridized carbons (Fsp3) is 0.235. The maximum atomic E-state index is 13.9. The minimum absolute atomic E-state index is 0.350. The van der Waals surface area contributed by atoms with E-state index in [0.717, 1.165) is 18.2 Å². The van der Waals surface area contributed by atoms with Crippen LogP contribution in [0.2, 0.25) is 0 Å². The fourth-order valence-corrected chi connectivity index (χ4v) is 2.14. The molecular formula is C17H15F4N3O3. The Bertz CT molecular complexity index is 815. The van der Waals surface area contributed by atoms with Crippen LogP contribution in [0.15, 0.2) is 48.7 Å². The van der Waals surface area contributed by atoms with Crippen molar-refractivity contribution in [1.82, 2.24) is 10.3 Å². The second-order valence-corrected chi connectivity index (χ2v) is 5.24. The number of alkyl halides is 3. The van der Waals surface area contributed by atoms with E-state index < -0.39 is 35.1 Å². The van der Waals surface area contributed by atoms with E-state index in [4.69, 9.17) is 0 Å². The van der Waals surface area contributed by atoms with Crippen LogP contribution in [0.25, 0.3) is 0 Å². The molecule has 1 atom stereocenters. The number of pyridine rings is 1. The van der Waals surface area contributed by atoms with Gasteiger partial charge in [0.1, 0.15) is 11.6 Å². The molecule has 0 fully saturated rings. The Kier molecular flexibility index (Phi) is 5.98. The lowest BCUT2D eigenvalue weighted by Crippen LogP contribution is -2.69. The zero-order chi connectivity index (χ0) is 20.1. The number of amides is 1. The predicted octanol–water partition coefficient (Wildman–Crippen LogP) is 2.88. The van der Waals surface area contributed by atoms with Crippen LogP contribution in [-0.2, 0) is 9.53 Å². The zero-order valence-electron chi connectivity index (χ0n) is 14.0. The lowest BCUT2D eigenvalue weighted by molar-refractivity contribution is -0.204. The van der Waals surface area contributed by atoms with Gasteiger partial charge in [0, 0.05) is 6.20 Å². The van der Waals surface area contributed by atoms with Gasteiger partial charge in [-0.25, -0.2) is 14.2 Å². The molecule has 0 saturated heterocycles. The molecular weight excluding hydrogens is 370 g/mol. The van der Waals surface area contributed by atoms with E-state index in [-0.39, 0.29) is 12.4 Å². The molecule has 0 saturated carbocycles. The monoisotopic (exact) mass is 385 g/mol. The first-order chi connectivity index (χ1) is 12.7. The molecule has 1 aromatic carbocycles. The molecule has 0 aliphatic heterocycles. The Hall–Kier alpha value is -3.17. The average Bonchev–Trinajstić information content (AvgIpc) is 2.61. The van der Waals surface area contributed by atoms with Crippen LogP contribution < -0.4 is 10.6 Å². The van der Waals surface area contributed by atoms with Gasteiger partial charge >= 0.3 is 17.8 Å². The molecule has 0 aliphatic rings. The van der Waals surface area contributed by atoms with Crippen LogP contribution in [0.1, 0.15) is 17.3 Å². The molecule has 1 aromatic heterocycles. The molecule has 6 nitrogen and oxygen atoms in total. The van der Waals surface area contributed by atoms with Gasteiger partial charge in [0.15, 0.2) is 0 Å². The summed E-state index contributed by atoms with van der Waals surface area (Å²) in [5.41, 5.74) is -4.34. The Labute approximate surface area is 151 Å². The summed E-state index contributed by atoms with van der Waals surface area (Å²) in [6, 6.07) is 8.40. The number of carbonyl (C=O) groups is 2. The van der Waals surface area contributed by atoms with Crippen molar-refractivity contribution in [2.75, 3.05) is 11.9 Å². The third-order valence-electron chi connectivity index (χ3n) is 3.41. The van der Waals surface area contributed by atoms with Crippen molar-refractivity contribution >= 4 is 17.7 Å². The zero-order valence-corrected chi connectivity index (χ0v) is 14.0.